The van der Waals surface area contributed by atoms with E-state index < -0.39 is 0 Å². The molecular weight excluding hydrogens is 332 g/mol. The van der Waals surface area contributed by atoms with Crippen molar-refractivity contribution < 1.29 is 9.53 Å². The molecular formula is C18H28N6O2. The number of urea groups is 1. The number of methoxy groups -OCH3 is 1. The standard InChI is InChI=1S/C18H28N6O2/c1-5-7-8-14(6-2)12-19-18(25)20-15-9-10-17(26-4)16(11-15)24-13(3)21-22-23-24/h9-11,14H,5-8,12H2,1-4H3,(H2,19,20,25). The van der Waals surface area contributed by atoms with Crippen LogP contribution in [0.15, 0.2) is 18.2 Å². The summed E-state index contributed by atoms with van der Waals surface area (Å²) < 4.78 is 6.94. The third-order valence-corrected chi connectivity index (χ3v) is 4.38. The van der Waals surface area contributed by atoms with Crippen LogP contribution in [0.25, 0.3) is 5.69 Å². The minimum atomic E-state index is -0.218. The molecule has 0 bridgehead atoms. The van der Waals surface area contributed by atoms with Gasteiger partial charge in [-0.3, -0.25) is 0 Å². The zero-order chi connectivity index (χ0) is 18.9. The summed E-state index contributed by atoms with van der Waals surface area (Å²) in [5.74, 6) is 1.76. The Balaban J connectivity index is 2.03. The van der Waals surface area contributed by atoms with E-state index in [0.717, 1.165) is 12.8 Å². The Morgan fingerprint density at radius 1 is 1.35 bits per heavy atom. The van der Waals surface area contributed by atoms with Gasteiger partial charge in [0.2, 0.25) is 0 Å². The van der Waals surface area contributed by atoms with E-state index in [9.17, 15) is 4.79 Å². The van der Waals surface area contributed by atoms with Crippen LogP contribution in [0.3, 0.4) is 0 Å². The van der Waals surface area contributed by atoms with Crippen LogP contribution in [0.4, 0.5) is 10.5 Å². The first-order valence-corrected chi connectivity index (χ1v) is 9.07. The lowest BCUT2D eigenvalue weighted by atomic mass is 9.99. The number of carbonyl (C=O) groups is 1. The second-order valence-corrected chi connectivity index (χ2v) is 6.28. The number of hydrogen-bond donors (Lipinski definition) is 2. The molecule has 2 amide bonds. The fraction of sp³-hybridized carbons (Fsp3) is 0.556. The molecule has 8 nitrogen and oxygen atoms in total. The number of rotatable bonds is 9. The molecule has 2 rings (SSSR count). The maximum atomic E-state index is 12.2. The van der Waals surface area contributed by atoms with E-state index in [1.165, 1.54) is 12.8 Å². The fourth-order valence-corrected chi connectivity index (χ4v) is 2.74. The van der Waals surface area contributed by atoms with Crippen LogP contribution in [0, 0.1) is 12.8 Å². The van der Waals surface area contributed by atoms with Crippen molar-refractivity contribution in [3.05, 3.63) is 24.0 Å². The Bertz CT molecular complexity index is 715. The largest absolute Gasteiger partial charge is 0.494 e. The number of amides is 2. The normalized spacial score (nSPS) is 11.8. The molecule has 2 N–H and O–H groups in total. The highest BCUT2D eigenvalue weighted by Gasteiger charge is 2.13. The maximum absolute atomic E-state index is 12.2. The van der Waals surface area contributed by atoms with E-state index >= 15 is 0 Å². The summed E-state index contributed by atoms with van der Waals surface area (Å²) in [4.78, 5) is 12.2. The van der Waals surface area contributed by atoms with Crippen molar-refractivity contribution in [3.8, 4) is 11.4 Å². The van der Waals surface area contributed by atoms with Gasteiger partial charge in [0, 0.05) is 12.2 Å². The van der Waals surface area contributed by atoms with Gasteiger partial charge in [-0.2, -0.15) is 4.68 Å². The number of benzene rings is 1. The molecule has 1 aromatic carbocycles. The summed E-state index contributed by atoms with van der Waals surface area (Å²) in [6, 6.07) is 5.14. The first-order valence-electron chi connectivity index (χ1n) is 9.07. The molecule has 142 valence electrons. The summed E-state index contributed by atoms with van der Waals surface area (Å²) in [7, 11) is 1.58. The van der Waals surface area contributed by atoms with Crippen molar-refractivity contribution in [1.29, 1.82) is 0 Å². The number of aromatic nitrogens is 4. The third-order valence-electron chi connectivity index (χ3n) is 4.38. The van der Waals surface area contributed by atoms with Crippen molar-refractivity contribution in [2.24, 2.45) is 5.92 Å². The number of anilines is 1. The average Bonchev–Trinajstić information content (AvgIpc) is 3.07. The van der Waals surface area contributed by atoms with Gasteiger partial charge in [0.05, 0.1) is 7.11 Å². The van der Waals surface area contributed by atoms with Crippen molar-refractivity contribution in [3.63, 3.8) is 0 Å². The van der Waals surface area contributed by atoms with Crippen LogP contribution in [0.5, 0.6) is 5.75 Å². The Morgan fingerprint density at radius 2 is 2.15 bits per heavy atom. The number of nitrogens with zero attached hydrogens (tertiary/aromatic N) is 4. The lowest BCUT2D eigenvalue weighted by molar-refractivity contribution is 0.249. The summed E-state index contributed by atoms with van der Waals surface area (Å²) >= 11 is 0. The van der Waals surface area contributed by atoms with Gasteiger partial charge in [-0.15, -0.1) is 5.10 Å². The highest BCUT2D eigenvalue weighted by Crippen LogP contribution is 2.26. The van der Waals surface area contributed by atoms with Crippen LogP contribution >= 0.6 is 0 Å². The zero-order valence-electron chi connectivity index (χ0n) is 16.0. The molecule has 0 radical (unpaired) electrons. The van der Waals surface area contributed by atoms with Gasteiger partial charge in [-0.25, -0.2) is 4.79 Å². The number of hydrogen-bond acceptors (Lipinski definition) is 5. The fourth-order valence-electron chi connectivity index (χ4n) is 2.74. The van der Waals surface area contributed by atoms with Crippen molar-refractivity contribution in [1.82, 2.24) is 25.5 Å². The molecule has 0 saturated carbocycles. The van der Waals surface area contributed by atoms with E-state index in [0.29, 0.717) is 35.4 Å². The van der Waals surface area contributed by atoms with E-state index in [2.05, 4.69) is 40.0 Å². The van der Waals surface area contributed by atoms with Gasteiger partial charge in [0.25, 0.3) is 0 Å². The van der Waals surface area contributed by atoms with Crippen molar-refractivity contribution in [2.45, 2.75) is 46.5 Å². The molecule has 0 spiro atoms. The summed E-state index contributed by atoms with van der Waals surface area (Å²) in [5, 5.41) is 17.3. The van der Waals surface area contributed by atoms with E-state index in [4.69, 9.17) is 4.74 Å². The molecule has 0 fully saturated rings. The minimum absolute atomic E-state index is 0.218. The lowest BCUT2D eigenvalue weighted by Crippen LogP contribution is -2.33. The number of aryl methyl sites for hydroxylation is 1. The molecule has 0 aliphatic heterocycles. The quantitative estimate of drug-likeness (QED) is 0.715. The van der Waals surface area contributed by atoms with Gasteiger partial charge in [-0.1, -0.05) is 33.1 Å². The molecule has 0 saturated heterocycles. The highest BCUT2D eigenvalue weighted by molar-refractivity contribution is 5.89. The summed E-state index contributed by atoms with van der Waals surface area (Å²) in [5.41, 5.74) is 1.32. The predicted molar refractivity (Wildman–Crippen MR) is 101 cm³/mol. The van der Waals surface area contributed by atoms with E-state index in [1.54, 1.807) is 36.9 Å². The third kappa shape index (κ3) is 5.18. The smallest absolute Gasteiger partial charge is 0.319 e. The topological polar surface area (TPSA) is 94.0 Å². The Hall–Kier alpha value is -2.64. The Kier molecular flexibility index (Phi) is 7.37. The minimum Gasteiger partial charge on any atom is -0.494 e. The van der Waals surface area contributed by atoms with Crippen LogP contribution in [-0.2, 0) is 0 Å². The van der Waals surface area contributed by atoms with Crippen LogP contribution < -0.4 is 15.4 Å². The van der Waals surface area contributed by atoms with Crippen molar-refractivity contribution in [2.75, 3.05) is 19.0 Å². The monoisotopic (exact) mass is 360 g/mol. The molecule has 1 aromatic heterocycles. The number of nitrogens with one attached hydrogen (secondary N) is 2. The molecule has 1 heterocycles. The summed E-state index contributed by atoms with van der Waals surface area (Å²) in [6.45, 7) is 6.81. The molecule has 1 unspecified atom stereocenters. The van der Waals surface area contributed by atoms with E-state index in [-0.39, 0.29) is 6.03 Å². The van der Waals surface area contributed by atoms with E-state index in [1.807, 2.05) is 0 Å². The molecule has 8 heteroatoms. The number of ether oxygens (including phenoxy) is 1. The molecule has 0 aliphatic rings. The van der Waals surface area contributed by atoms with Crippen molar-refractivity contribution >= 4 is 11.7 Å². The van der Waals surface area contributed by atoms with Gasteiger partial charge < -0.3 is 15.4 Å². The van der Waals surface area contributed by atoms with Crippen LogP contribution in [0.2, 0.25) is 0 Å². The van der Waals surface area contributed by atoms with Gasteiger partial charge in [0.15, 0.2) is 5.82 Å². The zero-order valence-corrected chi connectivity index (χ0v) is 16.0. The van der Waals surface area contributed by atoms with Gasteiger partial charge in [-0.05, 0) is 47.9 Å². The highest BCUT2D eigenvalue weighted by atomic mass is 16.5. The van der Waals surface area contributed by atoms with Gasteiger partial charge in [0.1, 0.15) is 11.4 Å². The maximum Gasteiger partial charge on any atom is 0.319 e. The van der Waals surface area contributed by atoms with Gasteiger partial charge >= 0.3 is 6.03 Å². The molecule has 0 aliphatic carbocycles. The van der Waals surface area contributed by atoms with Crippen LogP contribution in [-0.4, -0.2) is 39.9 Å². The first kappa shape index (κ1) is 19.7. The Morgan fingerprint density at radius 3 is 2.77 bits per heavy atom. The molecule has 1 atom stereocenters. The second kappa shape index (κ2) is 9.74. The SMILES string of the molecule is CCCCC(CC)CNC(=O)Nc1ccc(OC)c(-n2nnnc2C)c1. The summed E-state index contributed by atoms with van der Waals surface area (Å²) in [6.07, 6.45) is 4.56. The number of carbonyl (C=O) groups excluding carboxylic acids is 1. The number of unbranched alkanes of at least 4 members (excludes halogenated alkanes) is 1. The first-order chi connectivity index (χ1) is 12.6. The predicted octanol–water partition coefficient (Wildman–Crippen LogP) is 3.32. The number of tetrazole rings is 1. The van der Waals surface area contributed by atoms with Crippen LogP contribution in [0.1, 0.15) is 45.4 Å². The average molecular weight is 360 g/mol. The second-order valence-electron chi connectivity index (χ2n) is 6.28. The lowest BCUT2D eigenvalue weighted by Gasteiger charge is -2.16. The Labute approximate surface area is 154 Å². The molecule has 26 heavy (non-hydrogen) atoms. The molecule has 2 aromatic rings.